The van der Waals surface area contributed by atoms with Gasteiger partial charge in [-0.2, -0.15) is 0 Å². The van der Waals surface area contributed by atoms with E-state index < -0.39 is 0 Å². The molecule has 0 bridgehead atoms. The van der Waals surface area contributed by atoms with Crippen molar-refractivity contribution in [2.75, 3.05) is 6.54 Å². The maximum atomic E-state index is 11.6. The van der Waals surface area contributed by atoms with E-state index in [1.165, 1.54) is 4.88 Å². The van der Waals surface area contributed by atoms with Gasteiger partial charge in [-0.25, -0.2) is 0 Å². The number of nitrogens with one attached hydrogen (secondary N) is 2. The van der Waals surface area contributed by atoms with E-state index >= 15 is 0 Å². The molecule has 5 heteroatoms. The first kappa shape index (κ1) is 15.7. The highest BCUT2D eigenvalue weighted by Gasteiger charge is 2.14. The van der Waals surface area contributed by atoms with Crippen LogP contribution in [0.1, 0.15) is 45.0 Å². The molecule has 0 aromatic carbocycles. The number of halogens is 1. The van der Waals surface area contributed by atoms with E-state index in [-0.39, 0.29) is 17.5 Å². The molecule has 1 atom stereocenters. The molecule has 0 saturated heterocycles. The Morgan fingerprint density at radius 3 is 2.61 bits per heavy atom. The quantitative estimate of drug-likeness (QED) is 0.866. The van der Waals surface area contributed by atoms with Crippen molar-refractivity contribution in [2.45, 2.75) is 45.7 Å². The van der Waals surface area contributed by atoms with Crippen LogP contribution in [-0.4, -0.2) is 18.0 Å². The van der Waals surface area contributed by atoms with Crippen LogP contribution in [0.3, 0.4) is 0 Å². The Hall–Kier alpha value is -0.390. The maximum absolute atomic E-state index is 11.6. The highest BCUT2D eigenvalue weighted by atomic mass is 79.9. The molecule has 1 aromatic heterocycles. The van der Waals surface area contributed by atoms with Gasteiger partial charge in [-0.05, 0) is 55.8 Å². The Kier molecular flexibility index (Phi) is 5.82. The van der Waals surface area contributed by atoms with Gasteiger partial charge >= 0.3 is 0 Å². The topological polar surface area (TPSA) is 41.1 Å². The summed E-state index contributed by atoms with van der Waals surface area (Å²) in [5.74, 6) is 0.0922. The Morgan fingerprint density at radius 1 is 1.44 bits per heavy atom. The van der Waals surface area contributed by atoms with E-state index in [0.29, 0.717) is 13.0 Å². The molecule has 1 rings (SSSR count). The van der Waals surface area contributed by atoms with Gasteiger partial charge < -0.3 is 10.6 Å². The van der Waals surface area contributed by atoms with E-state index in [2.05, 4.69) is 39.6 Å². The fraction of sp³-hybridized carbons (Fsp3) is 0.615. The van der Waals surface area contributed by atoms with Crippen LogP contribution in [-0.2, 0) is 4.79 Å². The number of carbonyl (C=O) groups excluding carboxylic acids is 1. The minimum atomic E-state index is -0.151. The molecular weight excluding hydrogens is 312 g/mol. The number of hydrogen-bond acceptors (Lipinski definition) is 3. The number of carbonyl (C=O) groups is 1. The second-order valence-electron chi connectivity index (χ2n) is 5.37. The zero-order valence-electron chi connectivity index (χ0n) is 11.3. The van der Waals surface area contributed by atoms with Crippen molar-refractivity contribution in [3.8, 4) is 0 Å². The smallest absolute Gasteiger partial charge is 0.221 e. The van der Waals surface area contributed by atoms with Crippen LogP contribution >= 0.6 is 27.3 Å². The van der Waals surface area contributed by atoms with E-state index in [1.807, 2.05) is 26.8 Å². The third-order valence-corrected chi connectivity index (χ3v) is 4.14. The van der Waals surface area contributed by atoms with Crippen molar-refractivity contribution >= 4 is 33.2 Å². The monoisotopic (exact) mass is 332 g/mol. The summed E-state index contributed by atoms with van der Waals surface area (Å²) in [6.45, 7) is 8.77. The fourth-order valence-electron chi connectivity index (χ4n) is 1.54. The lowest BCUT2D eigenvalue weighted by Crippen LogP contribution is -2.41. The first-order valence-corrected chi connectivity index (χ1v) is 7.68. The van der Waals surface area contributed by atoms with Crippen LogP contribution in [0.4, 0.5) is 0 Å². The molecule has 0 spiro atoms. The summed E-state index contributed by atoms with van der Waals surface area (Å²) in [5, 5.41) is 6.31. The molecule has 1 unspecified atom stereocenters. The van der Waals surface area contributed by atoms with Gasteiger partial charge in [-0.15, -0.1) is 11.3 Å². The molecule has 18 heavy (non-hydrogen) atoms. The standard InChI is InChI=1S/C13H21BrN2OS/c1-9(10-5-6-11(14)18-10)15-8-7-12(17)16-13(2,3)4/h5-6,9,15H,7-8H2,1-4H3,(H,16,17). The molecule has 0 radical (unpaired) electrons. The van der Waals surface area contributed by atoms with E-state index in [9.17, 15) is 4.79 Å². The lowest BCUT2D eigenvalue weighted by molar-refractivity contribution is -0.122. The minimum absolute atomic E-state index is 0.0922. The summed E-state index contributed by atoms with van der Waals surface area (Å²) in [5.41, 5.74) is -0.151. The van der Waals surface area contributed by atoms with Gasteiger partial charge in [-0.3, -0.25) is 4.79 Å². The number of amides is 1. The molecule has 0 fully saturated rings. The second kappa shape index (κ2) is 6.68. The number of thiophene rings is 1. The number of rotatable bonds is 5. The van der Waals surface area contributed by atoms with Crippen molar-refractivity contribution in [3.63, 3.8) is 0 Å². The highest BCUT2D eigenvalue weighted by Crippen LogP contribution is 2.26. The molecule has 2 N–H and O–H groups in total. The summed E-state index contributed by atoms with van der Waals surface area (Å²) >= 11 is 5.17. The van der Waals surface area contributed by atoms with Gasteiger partial charge in [0.2, 0.25) is 5.91 Å². The van der Waals surface area contributed by atoms with Crippen LogP contribution < -0.4 is 10.6 Å². The van der Waals surface area contributed by atoms with Crippen molar-refractivity contribution in [3.05, 3.63) is 20.8 Å². The van der Waals surface area contributed by atoms with Gasteiger partial charge in [-0.1, -0.05) is 0 Å². The first-order valence-electron chi connectivity index (χ1n) is 6.07. The average Bonchev–Trinajstić information content (AvgIpc) is 2.62. The molecule has 0 aliphatic rings. The summed E-state index contributed by atoms with van der Waals surface area (Å²) in [4.78, 5) is 12.9. The van der Waals surface area contributed by atoms with Crippen molar-refractivity contribution in [1.82, 2.24) is 10.6 Å². The molecule has 0 saturated carbocycles. The second-order valence-corrected chi connectivity index (χ2v) is 7.86. The lowest BCUT2D eigenvalue weighted by Gasteiger charge is -2.21. The highest BCUT2D eigenvalue weighted by molar-refractivity contribution is 9.11. The van der Waals surface area contributed by atoms with E-state index in [1.54, 1.807) is 11.3 Å². The molecule has 102 valence electrons. The molecule has 0 aliphatic carbocycles. The van der Waals surface area contributed by atoms with Gasteiger partial charge in [0.1, 0.15) is 0 Å². The third-order valence-electron chi connectivity index (χ3n) is 2.34. The molecule has 1 heterocycles. The predicted molar refractivity (Wildman–Crippen MR) is 80.9 cm³/mol. The largest absolute Gasteiger partial charge is 0.351 e. The molecular formula is C13H21BrN2OS. The van der Waals surface area contributed by atoms with Crippen LogP contribution in [0.2, 0.25) is 0 Å². The van der Waals surface area contributed by atoms with Gasteiger partial charge in [0.25, 0.3) is 0 Å². The van der Waals surface area contributed by atoms with Crippen LogP contribution in [0.15, 0.2) is 15.9 Å². The Morgan fingerprint density at radius 2 is 2.11 bits per heavy atom. The maximum Gasteiger partial charge on any atom is 0.221 e. The summed E-state index contributed by atoms with van der Waals surface area (Å²) in [7, 11) is 0. The molecule has 1 aromatic rings. The molecule has 3 nitrogen and oxygen atoms in total. The van der Waals surface area contributed by atoms with E-state index in [0.717, 1.165) is 3.79 Å². The molecule has 1 amide bonds. The summed E-state index contributed by atoms with van der Waals surface area (Å²) in [6, 6.07) is 4.43. The fourth-order valence-corrected chi connectivity index (χ4v) is 2.99. The minimum Gasteiger partial charge on any atom is -0.351 e. The first-order chi connectivity index (χ1) is 8.28. The van der Waals surface area contributed by atoms with Gasteiger partial charge in [0.05, 0.1) is 3.79 Å². The van der Waals surface area contributed by atoms with Crippen LogP contribution in [0, 0.1) is 0 Å². The Bertz CT molecular complexity index is 398. The normalized spacial score (nSPS) is 13.4. The zero-order valence-corrected chi connectivity index (χ0v) is 13.7. The Labute approximate surface area is 121 Å². The lowest BCUT2D eigenvalue weighted by atomic mass is 10.1. The van der Waals surface area contributed by atoms with Gasteiger partial charge in [0.15, 0.2) is 0 Å². The van der Waals surface area contributed by atoms with Crippen molar-refractivity contribution < 1.29 is 4.79 Å². The third kappa shape index (κ3) is 5.98. The summed E-state index contributed by atoms with van der Waals surface area (Å²) in [6.07, 6.45) is 0.508. The zero-order chi connectivity index (χ0) is 13.8. The number of hydrogen-bond donors (Lipinski definition) is 2. The molecule has 0 aliphatic heterocycles. The average molecular weight is 333 g/mol. The van der Waals surface area contributed by atoms with Crippen LogP contribution in [0.5, 0.6) is 0 Å². The van der Waals surface area contributed by atoms with Gasteiger partial charge in [0, 0.05) is 29.4 Å². The SMILES string of the molecule is CC(NCCC(=O)NC(C)(C)C)c1ccc(Br)s1. The van der Waals surface area contributed by atoms with Crippen LogP contribution in [0.25, 0.3) is 0 Å². The van der Waals surface area contributed by atoms with E-state index in [4.69, 9.17) is 0 Å². The summed E-state index contributed by atoms with van der Waals surface area (Å²) < 4.78 is 1.14. The Balaban J connectivity index is 2.27. The van der Waals surface area contributed by atoms with Crippen molar-refractivity contribution in [2.24, 2.45) is 0 Å². The van der Waals surface area contributed by atoms with Crippen molar-refractivity contribution in [1.29, 1.82) is 0 Å². The predicted octanol–water partition coefficient (Wildman–Crippen LogP) is 3.47.